The number of nitrogens with one attached hydrogen (secondary N) is 1. The number of hydrogen-bond acceptors (Lipinski definition) is 7. The monoisotopic (exact) mass is 482 g/mol. The van der Waals surface area contributed by atoms with Gasteiger partial charge in [0.1, 0.15) is 5.75 Å². The van der Waals surface area contributed by atoms with Crippen molar-refractivity contribution in [3.63, 3.8) is 0 Å². The van der Waals surface area contributed by atoms with Crippen molar-refractivity contribution in [3.8, 4) is 22.9 Å². The van der Waals surface area contributed by atoms with Crippen molar-refractivity contribution in [2.75, 3.05) is 26.2 Å². The molecule has 2 aromatic carbocycles. The van der Waals surface area contributed by atoms with Crippen LogP contribution in [0.25, 0.3) is 11.1 Å². The van der Waals surface area contributed by atoms with Gasteiger partial charge in [0, 0.05) is 30.2 Å². The molecule has 4 rings (SSSR count). The van der Waals surface area contributed by atoms with Gasteiger partial charge < -0.3 is 9.64 Å². The van der Waals surface area contributed by atoms with Crippen molar-refractivity contribution in [1.29, 1.82) is 5.26 Å². The van der Waals surface area contributed by atoms with Crippen molar-refractivity contribution in [2.45, 2.75) is 30.1 Å². The highest BCUT2D eigenvalue weighted by molar-refractivity contribution is 7.91. The molecule has 1 atom stereocenters. The molecular formula is C24H26N4O3S2. The van der Waals surface area contributed by atoms with E-state index >= 15 is 0 Å². The summed E-state index contributed by atoms with van der Waals surface area (Å²) in [6.45, 7) is 4.81. The van der Waals surface area contributed by atoms with E-state index in [1.807, 2.05) is 48.5 Å². The van der Waals surface area contributed by atoms with Crippen LogP contribution in [0.2, 0.25) is 0 Å². The van der Waals surface area contributed by atoms with Gasteiger partial charge in [0.05, 0.1) is 18.2 Å². The zero-order chi connectivity index (χ0) is 23.3. The SMILES string of the molecule is Cc1csc(S(=O)(=O)NC2CCN(CCCOc3ccc(-c4ccc(C#N)cc4)cc3)C2)n1. The first kappa shape index (κ1) is 23.4. The maximum Gasteiger partial charge on any atom is 0.268 e. The molecule has 0 aliphatic carbocycles. The molecule has 1 aliphatic rings. The maximum atomic E-state index is 12.5. The smallest absolute Gasteiger partial charge is 0.268 e. The standard InChI is InChI=1S/C24H26N4O3S2/c1-18-17-32-24(26-18)33(29,30)27-22-11-13-28(16-22)12-2-14-31-23-9-7-21(8-10-23)20-5-3-19(15-25)4-6-20/h3-10,17,22,27H,2,11-14,16H2,1H3. The number of nitriles is 1. The molecular weight excluding hydrogens is 456 g/mol. The summed E-state index contributed by atoms with van der Waals surface area (Å²) >= 11 is 1.15. The third-order valence-electron chi connectivity index (χ3n) is 5.51. The normalized spacial score (nSPS) is 16.5. The molecule has 0 amide bonds. The van der Waals surface area contributed by atoms with Gasteiger partial charge in [-0.25, -0.2) is 18.1 Å². The molecule has 1 saturated heterocycles. The van der Waals surface area contributed by atoms with Crippen LogP contribution in [0.3, 0.4) is 0 Å². The molecule has 1 aromatic heterocycles. The van der Waals surface area contributed by atoms with Crippen molar-refractivity contribution in [1.82, 2.24) is 14.6 Å². The van der Waals surface area contributed by atoms with E-state index in [-0.39, 0.29) is 10.4 Å². The maximum absolute atomic E-state index is 12.5. The van der Waals surface area contributed by atoms with Crippen LogP contribution in [0.5, 0.6) is 5.75 Å². The van der Waals surface area contributed by atoms with Gasteiger partial charge in [-0.3, -0.25) is 0 Å². The number of benzene rings is 2. The zero-order valence-electron chi connectivity index (χ0n) is 18.4. The fourth-order valence-corrected chi connectivity index (χ4v) is 6.13. The fourth-order valence-electron chi connectivity index (χ4n) is 3.82. The molecule has 33 heavy (non-hydrogen) atoms. The van der Waals surface area contributed by atoms with E-state index in [0.29, 0.717) is 18.7 Å². The second-order valence-corrected chi connectivity index (χ2v) is 10.8. The van der Waals surface area contributed by atoms with Crippen molar-refractivity contribution in [3.05, 3.63) is 65.2 Å². The number of aromatic nitrogens is 1. The average Bonchev–Trinajstić information content (AvgIpc) is 3.46. The average molecular weight is 483 g/mol. The lowest BCUT2D eigenvalue weighted by atomic mass is 10.0. The van der Waals surface area contributed by atoms with Gasteiger partial charge in [-0.15, -0.1) is 11.3 Å². The molecule has 1 unspecified atom stereocenters. The third kappa shape index (κ3) is 6.18. The first-order valence-corrected chi connectivity index (χ1v) is 13.2. The zero-order valence-corrected chi connectivity index (χ0v) is 20.0. The van der Waals surface area contributed by atoms with Crippen LogP contribution in [0.15, 0.2) is 58.3 Å². The number of sulfonamides is 1. The fraction of sp³-hybridized carbons (Fsp3) is 0.333. The Balaban J connectivity index is 1.18. The highest BCUT2D eigenvalue weighted by Gasteiger charge is 2.28. The molecule has 3 aromatic rings. The van der Waals surface area contributed by atoms with E-state index in [9.17, 15) is 8.42 Å². The van der Waals surface area contributed by atoms with Gasteiger partial charge in [0.25, 0.3) is 10.0 Å². The second kappa shape index (κ2) is 10.4. The summed E-state index contributed by atoms with van der Waals surface area (Å²) in [5.41, 5.74) is 3.50. The number of aryl methyl sites for hydroxylation is 1. The van der Waals surface area contributed by atoms with Crippen LogP contribution in [-0.2, 0) is 10.0 Å². The van der Waals surface area contributed by atoms with Crippen molar-refractivity contribution >= 4 is 21.4 Å². The summed E-state index contributed by atoms with van der Waals surface area (Å²) in [6, 6.07) is 17.5. The van der Waals surface area contributed by atoms with Crippen LogP contribution < -0.4 is 9.46 Å². The van der Waals surface area contributed by atoms with Gasteiger partial charge in [-0.1, -0.05) is 24.3 Å². The summed E-state index contributed by atoms with van der Waals surface area (Å²) in [6.07, 6.45) is 1.66. The van der Waals surface area contributed by atoms with Crippen LogP contribution in [-0.4, -0.2) is 50.6 Å². The van der Waals surface area contributed by atoms with Crippen molar-refractivity contribution in [2.24, 2.45) is 0 Å². The highest BCUT2D eigenvalue weighted by Crippen LogP contribution is 2.23. The summed E-state index contributed by atoms with van der Waals surface area (Å²) < 4.78 is 33.7. The van der Waals surface area contributed by atoms with Crippen molar-refractivity contribution < 1.29 is 13.2 Å². The number of hydrogen-bond donors (Lipinski definition) is 1. The summed E-state index contributed by atoms with van der Waals surface area (Å²) in [5.74, 6) is 0.818. The predicted octanol–water partition coefficient (Wildman–Crippen LogP) is 3.81. The minimum atomic E-state index is -3.54. The molecule has 9 heteroatoms. The minimum Gasteiger partial charge on any atom is -0.494 e. The molecule has 2 heterocycles. The molecule has 7 nitrogen and oxygen atoms in total. The third-order valence-corrected chi connectivity index (χ3v) is 8.40. The van der Waals surface area contributed by atoms with Gasteiger partial charge >= 0.3 is 0 Å². The molecule has 1 fully saturated rings. The molecule has 0 bridgehead atoms. The van der Waals surface area contributed by atoms with E-state index in [0.717, 1.165) is 59.8 Å². The van der Waals surface area contributed by atoms with Gasteiger partial charge in [-0.2, -0.15) is 5.26 Å². The topological polar surface area (TPSA) is 95.3 Å². The Morgan fingerprint density at radius 2 is 1.88 bits per heavy atom. The molecule has 0 spiro atoms. The van der Waals surface area contributed by atoms with Gasteiger partial charge in [0.2, 0.25) is 4.34 Å². The quantitative estimate of drug-likeness (QED) is 0.466. The Morgan fingerprint density at radius 1 is 1.18 bits per heavy atom. The Bertz CT molecular complexity index is 1220. The Kier molecular flexibility index (Phi) is 7.40. The van der Waals surface area contributed by atoms with Gasteiger partial charge in [0.15, 0.2) is 0 Å². The van der Waals surface area contributed by atoms with E-state index < -0.39 is 10.0 Å². The molecule has 0 radical (unpaired) electrons. The number of likely N-dealkylation sites (tertiary alicyclic amines) is 1. The minimum absolute atomic E-state index is 0.0881. The number of rotatable bonds is 9. The van der Waals surface area contributed by atoms with E-state index in [1.165, 1.54) is 0 Å². The Labute approximate surface area is 198 Å². The molecule has 1 N–H and O–H groups in total. The van der Waals surface area contributed by atoms with Crippen LogP contribution in [0, 0.1) is 18.3 Å². The van der Waals surface area contributed by atoms with Crippen LogP contribution in [0.1, 0.15) is 24.1 Å². The lowest BCUT2D eigenvalue weighted by molar-refractivity contribution is 0.261. The lowest BCUT2D eigenvalue weighted by Crippen LogP contribution is -2.37. The number of ether oxygens (including phenoxy) is 1. The van der Waals surface area contributed by atoms with E-state index in [4.69, 9.17) is 10.00 Å². The first-order chi connectivity index (χ1) is 15.9. The Morgan fingerprint density at radius 3 is 2.52 bits per heavy atom. The molecule has 0 saturated carbocycles. The second-order valence-electron chi connectivity index (χ2n) is 8.08. The Hall–Kier alpha value is -2.77. The summed E-state index contributed by atoms with van der Waals surface area (Å²) in [4.78, 5) is 6.35. The van der Waals surface area contributed by atoms with Gasteiger partial charge in [-0.05, 0) is 61.7 Å². The molecule has 1 aliphatic heterocycles. The first-order valence-electron chi connectivity index (χ1n) is 10.8. The number of nitrogens with zero attached hydrogens (tertiary/aromatic N) is 3. The van der Waals surface area contributed by atoms with E-state index in [2.05, 4.69) is 20.7 Å². The molecule has 172 valence electrons. The highest BCUT2D eigenvalue weighted by atomic mass is 32.2. The predicted molar refractivity (Wildman–Crippen MR) is 129 cm³/mol. The van der Waals surface area contributed by atoms with Crippen LogP contribution >= 0.6 is 11.3 Å². The summed E-state index contributed by atoms with van der Waals surface area (Å²) in [5, 5.41) is 10.7. The van der Waals surface area contributed by atoms with Crippen LogP contribution in [0.4, 0.5) is 0 Å². The summed E-state index contributed by atoms with van der Waals surface area (Å²) in [7, 11) is -3.54. The van der Waals surface area contributed by atoms with E-state index in [1.54, 1.807) is 12.3 Å². The largest absolute Gasteiger partial charge is 0.494 e. The lowest BCUT2D eigenvalue weighted by Gasteiger charge is -2.16. The number of thiazole rings is 1.